The lowest BCUT2D eigenvalue weighted by Crippen LogP contribution is -2.08. The van der Waals surface area contributed by atoms with Crippen LogP contribution in [0, 0.1) is 0 Å². The molecule has 5 heteroatoms. The van der Waals surface area contributed by atoms with E-state index < -0.39 is 0 Å². The highest BCUT2D eigenvalue weighted by molar-refractivity contribution is 5.85. The van der Waals surface area contributed by atoms with E-state index in [0.717, 1.165) is 30.4 Å². The molecule has 1 aromatic heterocycles. The van der Waals surface area contributed by atoms with E-state index in [1.807, 2.05) is 18.2 Å². The number of hydrogen-bond acceptors (Lipinski definition) is 5. The van der Waals surface area contributed by atoms with E-state index in [-0.39, 0.29) is 0 Å². The average Bonchev–Trinajstić information content (AvgIpc) is 2.42. The van der Waals surface area contributed by atoms with Gasteiger partial charge in [0.15, 0.2) is 0 Å². The Bertz CT molecular complexity index is 531. The molecule has 0 aliphatic carbocycles. The standard InChI is InChI=1S/C14H19N3O2/c1-2-3-6-18-7-8-19-14-12-5-4-11(15)9-13(12)16-10-17-14/h4-5,9-10H,2-3,6-8,15H2,1H3. The van der Waals surface area contributed by atoms with Crippen LogP contribution in [0.3, 0.4) is 0 Å². The molecule has 19 heavy (non-hydrogen) atoms. The Morgan fingerprint density at radius 2 is 2.05 bits per heavy atom. The van der Waals surface area contributed by atoms with Crippen LogP contribution in [0.15, 0.2) is 24.5 Å². The molecule has 0 saturated carbocycles. The van der Waals surface area contributed by atoms with Gasteiger partial charge in [0.25, 0.3) is 0 Å². The number of hydrogen-bond donors (Lipinski definition) is 1. The van der Waals surface area contributed by atoms with Crippen LogP contribution in [-0.4, -0.2) is 29.8 Å². The van der Waals surface area contributed by atoms with E-state index in [4.69, 9.17) is 15.2 Å². The SMILES string of the molecule is CCCCOCCOc1ncnc2cc(N)ccc12. The minimum absolute atomic E-state index is 0.486. The molecule has 2 rings (SSSR count). The maximum atomic E-state index is 5.72. The second-order valence-electron chi connectivity index (χ2n) is 4.27. The first kappa shape index (κ1) is 13.5. The topological polar surface area (TPSA) is 70.3 Å². The summed E-state index contributed by atoms with van der Waals surface area (Å²) in [5, 5.41) is 0.866. The summed E-state index contributed by atoms with van der Waals surface area (Å²) >= 11 is 0. The van der Waals surface area contributed by atoms with Crippen molar-refractivity contribution in [1.29, 1.82) is 0 Å². The van der Waals surface area contributed by atoms with E-state index in [9.17, 15) is 0 Å². The molecule has 0 saturated heterocycles. The minimum Gasteiger partial charge on any atom is -0.475 e. The Hall–Kier alpha value is -1.88. The summed E-state index contributed by atoms with van der Waals surface area (Å²) < 4.78 is 11.1. The van der Waals surface area contributed by atoms with Crippen molar-refractivity contribution in [2.75, 3.05) is 25.6 Å². The highest BCUT2D eigenvalue weighted by Crippen LogP contribution is 2.22. The first-order chi connectivity index (χ1) is 9.31. The van der Waals surface area contributed by atoms with Crippen molar-refractivity contribution in [3.63, 3.8) is 0 Å². The quantitative estimate of drug-likeness (QED) is 0.612. The van der Waals surface area contributed by atoms with Crippen LogP contribution < -0.4 is 10.5 Å². The van der Waals surface area contributed by atoms with Gasteiger partial charge in [-0.25, -0.2) is 9.97 Å². The average molecular weight is 261 g/mol. The first-order valence-electron chi connectivity index (χ1n) is 6.52. The van der Waals surface area contributed by atoms with Crippen LogP contribution in [0.1, 0.15) is 19.8 Å². The second-order valence-corrected chi connectivity index (χ2v) is 4.27. The molecule has 0 fully saturated rings. The minimum atomic E-state index is 0.486. The molecular formula is C14H19N3O2. The highest BCUT2D eigenvalue weighted by atomic mass is 16.5. The molecule has 102 valence electrons. The summed E-state index contributed by atoms with van der Waals surface area (Å²) in [4.78, 5) is 8.31. The predicted molar refractivity (Wildman–Crippen MR) is 75.2 cm³/mol. The van der Waals surface area contributed by atoms with Gasteiger partial charge >= 0.3 is 0 Å². The molecule has 0 aliphatic rings. The van der Waals surface area contributed by atoms with Crippen LogP contribution in [0.2, 0.25) is 0 Å². The third kappa shape index (κ3) is 3.79. The summed E-state index contributed by atoms with van der Waals surface area (Å²) in [6.45, 7) is 3.97. The Morgan fingerprint density at radius 1 is 1.16 bits per heavy atom. The predicted octanol–water partition coefficient (Wildman–Crippen LogP) is 2.41. The van der Waals surface area contributed by atoms with Gasteiger partial charge in [-0.3, -0.25) is 0 Å². The highest BCUT2D eigenvalue weighted by Gasteiger charge is 2.04. The van der Waals surface area contributed by atoms with Gasteiger partial charge in [-0.1, -0.05) is 13.3 Å². The largest absolute Gasteiger partial charge is 0.475 e. The Kier molecular flexibility index (Phi) is 4.92. The normalized spacial score (nSPS) is 10.8. The molecule has 0 radical (unpaired) electrons. The Balaban J connectivity index is 1.93. The number of fused-ring (bicyclic) bond motifs is 1. The number of nitrogens with two attached hydrogens (primary N) is 1. The van der Waals surface area contributed by atoms with Crippen molar-refractivity contribution in [3.8, 4) is 5.88 Å². The monoisotopic (exact) mass is 261 g/mol. The summed E-state index contributed by atoms with van der Waals surface area (Å²) in [6.07, 6.45) is 3.70. The van der Waals surface area contributed by atoms with Gasteiger partial charge in [0, 0.05) is 12.3 Å². The molecule has 2 aromatic rings. The lowest BCUT2D eigenvalue weighted by atomic mass is 10.2. The van der Waals surface area contributed by atoms with Gasteiger partial charge in [0.1, 0.15) is 12.9 Å². The van der Waals surface area contributed by atoms with Crippen LogP contribution in [0.4, 0.5) is 5.69 Å². The fourth-order valence-corrected chi connectivity index (χ4v) is 1.71. The van der Waals surface area contributed by atoms with Crippen LogP contribution in [0.5, 0.6) is 5.88 Å². The lowest BCUT2D eigenvalue weighted by Gasteiger charge is -2.08. The number of nitrogens with zero attached hydrogens (tertiary/aromatic N) is 2. The third-order valence-corrected chi connectivity index (χ3v) is 2.73. The molecule has 0 spiro atoms. The van der Waals surface area contributed by atoms with Crippen molar-refractivity contribution < 1.29 is 9.47 Å². The maximum Gasteiger partial charge on any atom is 0.224 e. The zero-order chi connectivity index (χ0) is 13.5. The zero-order valence-corrected chi connectivity index (χ0v) is 11.1. The molecule has 5 nitrogen and oxygen atoms in total. The molecular weight excluding hydrogens is 242 g/mol. The van der Waals surface area contributed by atoms with Crippen molar-refractivity contribution in [2.45, 2.75) is 19.8 Å². The number of aromatic nitrogens is 2. The summed E-state index contributed by atoms with van der Waals surface area (Å²) in [7, 11) is 0. The van der Waals surface area contributed by atoms with E-state index in [0.29, 0.717) is 24.8 Å². The molecule has 0 unspecified atom stereocenters. The van der Waals surface area contributed by atoms with Crippen molar-refractivity contribution >= 4 is 16.6 Å². The maximum absolute atomic E-state index is 5.72. The number of rotatable bonds is 7. The summed E-state index contributed by atoms with van der Waals surface area (Å²) in [5.74, 6) is 0.573. The van der Waals surface area contributed by atoms with Crippen molar-refractivity contribution in [3.05, 3.63) is 24.5 Å². The second kappa shape index (κ2) is 6.89. The Labute approximate surface area is 112 Å². The third-order valence-electron chi connectivity index (χ3n) is 2.73. The van der Waals surface area contributed by atoms with Crippen molar-refractivity contribution in [2.24, 2.45) is 0 Å². The number of nitrogen functional groups attached to an aromatic ring is 1. The molecule has 0 bridgehead atoms. The number of anilines is 1. The van der Waals surface area contributed by atoms with Crippen LogP contribution in [-0.2, 0) is 4.74 Å². The summed E-state index contributed by atoms with van der Waals surface area (Å²) in [6, 6.07) is 5.50. The van der Waals surface area contributed by atoms with Crippen LogP contribution >= 0.6 is 0 Å². The van der Waals surface area contributed by atoms with Gasteiger partial charge in [-0.15, -0.1) is 0 Å². The van der Waals surface area contributed by atoms with E-state index >= 15 is 0 Å². The van der Waals surface area contributed by atoms with E-state index in [1.165, 1.54) is 6.33 Å². The molecule has 1 aromatic carbocycles. The number of benzene rings is 1. The van der Waals surface area contributed by atoms with E-state index in [2.05, 4.69) is 16.9 Å². The van der Waals surface area contributed by atoms with Gasteiger partial charge in [0.05, 0.1) is 17.5 Å². The lowest BCUT2D eigenvalue weighted by molar-refractivity contribution is 0.0970. The van der Waals surface area contributed by atoms with Crippen LogP contribution in [0.25, 0.3) is 10.9 Å². The van der Waals surface area contributed by atoms with E-state index in [1.54, 1.807) is 0 Å². The fourth-order valence-electron chi connectivity index (χ4n) is 1.71. The van der Waals surface area contributed by atoms with Crippen molar-refractivity contribution in [1.82, 2.24) is 9.97 Å². The molecule has 2 N–H and O–H groups in total. The first-order valence-corrected chi connectivity index (χ1v) is 6.52. The molecule has 0 atom stereocenters. The number of ether oxygens (including phenoxy) is 2. The fraction of sp³-hybridized carbons (Fsp3) is 0.429. The molecule has 1 heterocycles. The van der Waals surface area contributed by atoms with Gasteiger partial charge in [-0.2, -0.15) is 0 Å². The Morgan fingerprint density at radius 3 is 2.89 bits per heavy atom. The summed E-state index contributed by atoms with van der Waals surface area (Å²) in [5.41, 5.74) is 7.19. The number of unbranched alkanes of at least 4 members (excludes halogenated alkanes) is 1. The van der Waals surface area contributed by atoms with Gasteiger partial charge in [-0.05, 0) is 24.6 Å². The molecule has 0 aliphatic heterocycles. The smallest absolute Gasteiger partial charge is 0.224 e. The van der Waals surface area contributed by atoms with Gasteiger partial charge < -0.3 is 15.2 Å². The zero-order valence-electron chi connectivity index (χ0n) is 11.1. The van der Waals surface area contributed by atoms with Gasteiger partial charge in [0.2, 0.25) is 5.88 Å². The molecule has 0 amide bonds.